The molecule has 0 unspecified atom stereocenters. The molecule has 0 amide bonds. The number of piperazine rings is 1. The van der Waals surface area contributed by atoms with Crippen LogP contribution in [-0.2, 0) is 6.18 Å². The zero-order valence-electron chi connectivity index (χ0n) is 11.2. The lowest BCUT2D eigenvalue weighted by molar-refractivity contribution is -0.187. The van der Waals surface area contributed by atoms with Gasteiger partial charge in [0.25, 0.3) is 0 Å². The van der Waals surface area contributed by atoms with Crippen molar-refractivity contribution in [2.75, 3.05) is 26.2 Å². The highest BCUT2D eigenvalue weighted by Gasteiger charge is 2.45. The van der Waals surface area contributed by atoms with Crippen LogP contribution in [0.2, 0.25) is 5.02 Å². The Hall–Kier alpha value is -0.990. The van der Waals surface area contributed by atoms with Gasteiger partial charge in [0.2, 0.25) is 0 Å². The molecule has 1 atom stereocenters. The van der Waals surface area contributed by atoms with Crippen molar-refractivity contribution >= 4 is 11.6 Å². The van der Waals surface area contributed by atoms with Gasteiger partial charge in [-0.1, -0.05) is 17.7 Å². The van der Waals surface area contributed by atoms with Gasteiger partial charge in [-0.3, -0.25) is 4.90 Å². The summed E-state index contributed by atoms with van der Waals surface area (Å²) in [7, 11) is 0. The van der Waals surface area contributed by atoms with Crippen molar-refractivity contribution in [1.82, 2.24) is 10.2 Å². The SMILES string of the molecule is FC(F)(F)c1ccc([C@@H](N2CCNCC2)C(F)(F)F)cc1Cl. The Morgan fingerprint density at radius 3 is 2.09 bits per heavy atom. The van der Waals surface area contributed by atoms with Gasteiger partial charge in [-0.05, 0) is 17.7 Å². The van der Waals surface area contributed by atoms with Crippen LogP contribution < -0.4 is 5.32 Å². The molecule has 1 aliphatic heterocycles. The van der Waals surface area contributed by atoms with E-state index in [4.69, 9.17) is 11.6 Å². The van der Waals surface area contributed by atoms with Crippen LogP contribution in [0, 0.1) is 0 Å². The van der Waals surface area contributed by atoms with E-state index in [2.05, 4.69) is 5.32 Å². The molecule has 2 nitrogen and oxygen atoms in total. The number of hydrogen-bond donors (Lipinski definition) is 1. The lowest BCUT2D eigenvalue weighted by atomic mass is 10.0. The molecule has 0 aromatic heterocycles. The van der Waals surface area contributed by atoms with E-state index >= 15 is 0 Å². The van der Waals surface area contributed by atoms with E-state index in [0.717, 1.165) is 12.1 Å². The summed E-state index contributed by atoms with van der Waals surface area (Å²) in [5, 5.41) is 2.20. The molecule has 0 spiro atoms. The van der Waals surface area contributed by atoms with Gasteiger partial charge < -0.3 is 5.32 Å². The molecule has 9 heteroatoms. The monoisotopic (exact) mass is 346 g/mol. The fourth-order valence-corrected chi connectivity index (χ4v) is 2.77. The van der Waals surface area contributed by atoms with Gasteiger partial charge in [-0.2, -0.15) is 26.3 Å². The van der Waals surface area contributed by atoms with Gasteiger partial charge >= 0.3 is 12.4 Å². The van der Waals surface area contributed by atoms with E-state index in [-0.39, 0.29) is 18.7 Å². The second kappa shape index (κ2) is 6.25. The van der Waals surface area contributed by atoms with Crippen molar-refractivity contribution in [2.24, 2.45) is 0 Å². The lowest BCUT2D eigenvalue weighted by Crippen LogP contribution is -2.49. The van der Waals surface area contributed by atoms with Gasteiger partial charge in [0, 0.05) is 26.2 Å². The van der Waals surface area contributed by atoms with E-state index in [0.29, 0.717) is 19.2 Å². The fraction of sp³-hybridized carbons (Fsp3) is 0.538. The summed E-state index contributed by atoms with van der Waals surface area (Å²) in [5.41, 5.74) is -1.42. The highest BCUT2D eigenvalue weighted by molar-refractivity contribution is 6.31. The molecule has 1 fully saturated rings. The van der Waals surface area contributed by atoms with E-state index in [1.807, 2.05) is 0 Å². The van der Waals surface area contributed by atoms with Crippen LogP contribution in [0.4, 0.5) is 26.3 Å². The Morgan fingerprint density at radius 1 is 1.05 bits per heavy atom. The van der Waals surface area contributed by atoms with E-state index in [1.165, 1.54) is 4.90 Å². The van der Waals surface area contributed by atoms with Crippen LogP contribution in [0.5, 0.6) is 0 Å². The Labute approximate surface area is 128 Å². The normalized spacial score (nSPS) is 19.2. The van der Waals surface area contributed by atoms with Crippen molar-refractivity contribution in [3.8, 4) is 0 Å². The third-order valence-corrected chi connectivity index (χ3v) is 3.75. The smallest absolute Gasteiger partial charge is 0.314 e. The fourth-order valence-electron chi connectivity index (χ4n) is 2.48. The Kier molecular flexibility index (Phi) is 4.93. The molecule has 1 aromatic rings. The van der Waals surface area contributed by atoms with Crippen molar-refractivity contribution in [1.29, 1.82) is 0 Å². The van der Waals surface area contributed by atoms with Crippen LogP contribution in [-0.4, -0.2) is 37.3 Å². The first-order chi connectivity index (χ1) is 10.1. The first kappa shape index (κ1) is 17.4. The number of hydrogen-bond acceptors (Lipinski definition) is 2. The molecule has 0 aliphatic carbocycles. The first-order valence-corrected chi connectivity index (χ1v) is 6.86. The quantitative estimate of drug-likeness (QED) is 0.818. The van der Waals surface area contributed by atoms with Crippen LogP contribution in [0.1, 0.15) is 17.2 Å². The minimum absolute atomic E-state index is 0.156. The molecule has 0 radical (unpaired) electrons. The zero-order chi connectivity index (χ0) is 16.5. The topological polar surface area (TPSA) is 15.3 Å². The predicted octanol–water partition coefficient (Wildman–Crippen LogP) is 3.87. The Morgan fingerprint density at radius 2 is 1.64 bits per heavy atom. The highest BCUT2D eigenvalue weighted by Crippen LogP contribution is 2.41. The zero-order valence-corrected chi connectivity index (χ0v) is 12.0. The van der Waals surface area contributed by atoms with Crippen LogP contribution >= 0.6 is 11.6 Å². The van der Waals surface area contributed by atoms with Gasteiger partial charge in [0.1, 0.15) is 6.04 Å². The van der Waals surface area contributed by atoms with E-state index < -0.39 is 29.0 Å². The summed E-state index contributed by atoms with van der Waals surface area (Å²) in [4.78, 5) is 1.19. The highest BCUT2D eigenvalue weighted by atomic mass is 35.5. The minimum Gasteiger partial charge on any atom is -0.314 e. The maximum absolute atomic E-state index is 13.3. The average Bonchev–Trinajstić information content (AvgIpc) is 2.37. The number of benzene rings is 1. The maximum Gasteiger partial charge on any atom is 0.417 e. The summed E-state index contributed by atoms with van der Waals surface area (Å²) in [5.74, 6) is 0. The molecule has 1 saturated heterocycles. The summed E-state index contributed by atoms with van der Waals surface area (Å²) in [6.45, 7) is 1.09. The number of rotatable bonds is 2. The molecule has 1 heterocycles. The first-order valence-electron chi connectivity index (χ1n) is 6.49. The second-order valence-electron chi connectivity index (χ2n) is 4.97. The predicted molar refractivity (Wildman–Crippen MR) is 69.7 cm³/mol. The van der Waals surface area contributed by atoms with Crippen molar-refractivity contribution in [3.63, 3.8) is 0 Å². The van der Waals surface area contributed by atoms with Crippen LogP contribution in [0.15, 0.2) is 18.2 Å². The molecule has 0 bridgehead atoms. The Bertz CT molecular complexity index is 522. The molecule has 2 rings (SSSR count). The van der Waals surface area contributed by atoms with Crippen molar-refractivity contribution in [2.45, 2.75) is 18.4 Å². The minimum atomic E-state index is -4.70. The Balaban J connectivity index is 2.38. The maximum atomic E-state index is 13.3. The molecule has 22 heavy (non-hydrogen) atoms. The van der Waals surface area contributed by atoms with Crippen LogP contribution in [0.25, 0.3) is 0 Å². The van der Waals surface area contributed by atoms with Gasteiger partial charge in [-0.15, -0.1) is 0 Å². The summed E-state index contributed by atoms with van der Waals surface area (Å²) in [6, 6.07) is 0.229. The molecule has 0 saturated carbocycles. The number of halogens is 7. The third-order valence-electron chi connectivity index (χ3n) is 3.44. The lowest BCUT2D eigenvalue weighted by Gasteiger charge is -2.36. The van der Waals surface area contributed by atoms with Gasteiger partial charge in [-0.25, -0.2) is 0 Å². The number of alkyl halides is 6. The third kappa shape index (κ3) is 3.85. The molecule has 1 N–H and O–H groups in total. The summed E-state index contributed by atoms with van der Waals surface area (Å²) >= 11 is 5.53. The molecular weight excluding hydrogens is 334 g/mol. The molecule has 1 aromatic carbocycles. The van der Waals surface area contributed by atoms with Gasteiger partial charge in [0.15, 0.2) is 0 Å². The number of nitrogens with one attached hydrogen (secondary N) is 1. The second-order valence-corrected chi connectivity index (χ2v) is 5.37. The van der Waals surface area contributed by atoms with E-state index in [9.17, 15) is 26.3 Å². The summed E-state index contributed by atoms with van der Waals surface area (Å²) < 4.78 is 77.9. The van der Waals surface area contributed by atoms with E-state index in [1.54, 1.807) is 0 Å². The molecule has 1 aliphatic rings. The molecule has 124 valence electrons. The summed E-state index contributed by atoms with van der Waals surface area (Å²) in [6.07, 6.45) is -9.29. The number of nitrogens with zero attached hydrogens (tertiary/aromatic N) is 1. The van der Waals surface area contributed by atoms with Crippen LogP contribution in [0.3, 0.4) is 0 Å². The van der Waals surface area contributed by atoms with Gasteiger partial charge in [0.05, 0.1) is 10.6 Å². The largest absolute Gasteiger partial charge is 0.417 e. The molecular formula is C13H13ClF6N2. The van der Waals surface area contributed by atoms with Crippen molar-refractivity contribution in [3.05, 3.63) is 34.3 Å². The standard InChI is InChI=1S/C13H13ClF6N2/c14-10-7-8(1-2-9(10)12(15,16)17)11(13(18,19)20)22-5-3-21-4-6-22/h1-2,7,11,21H,3-6H2/t11-/m1/s1. The average molecular weight is 347 g/mol. The van der Waals surface area contributed by atoms with Crippen molar-refractivity contribution < 1.29 is 26.3 Å².